The summed E-state index contributed by atoms with van der Waals surface area (Å²) in [6.45, 7) is 6.09. The van der Waals surface area contributed by atoms with Crippen LogP contribution in [0.4, 0.5) is 11.8 Å². The van der Waals surface area contributed by atoms with Crippen LogP contribution < -0.4 is 21.9 Å². The average molecular weight is 462 g/mol. The summed E-state index contributed by atoms with van der Waals surface area (Å²) in [5, 5.41) is 7.21. The molecule has 3 aromatic rings. The fourth-order valence-corrected chi connectivity index (χ4v) is 4.98. The molecule has 0 spiro atoms. The van der Waals surface area contributed by atoms with Crippen LogP contribution >= 0.6 is 0 Å². The average Bonchev–Trinajstić information content (AvgIpc) is 2.80. The second-order valence-corrected chi connectivity index (χ2v) is 9.48. The lowest BCUT2D eigenvalue weighted by Crippen LogP contribution is -2.67. The molecule has 2 bridgehead atoms. The highest BCUT2D eigenvalue weighted by Gasteiger charge is 2.38. The van der Waals surface area contributed by atoms with Crippen LogP contribution in [0.2, 0.25) is 0 Å². The van der Waals surface area contributed by atoms with Gasteiger partial charge in [-0.05, 0) is 43.5 Å². The summed E-state index contributed by atoms with van der Waals surface area (Å²) in [6, 6.07) is 10.3. The van der Waals surface area contributed by atoms with Gasteiger partial charge < -0.3 is 25.8 Å². The summed E-state index contributed by atoms with van der Waals surface area (Å²) in [5.74, 6) is 0.674. The predicted octanol–water partition coefficient (Wildman–Crippen LogP) is 2.21. The van der Waals surface area contributed by atoms with Crippen LogP contribution in [-0.2, 0) is 6.54 Å². The first-order valence-corrected chi connectivity index (χ1v) is 12.0. The second-order valence-electron chi connectivity index (χ2n) is 9.48. The van der Waals surface area contributed by atoms with E-state index < -0.39 is 0 Å². The Labute approximate surface area is 198 Å². The fourth-order valence-electron chi connectivity index (χ4n) is 4.98. The number of piperidine rings is 1. The lowest BCUT2D eigenvalue weighted by atomic mass is 9.91. The van der Waals surface area contributed by atoms with Gasteiger partial charge in [-0.1, -0.05) is 25.5 Å². The standard InChI is InChI=1S/C25H31N7O2/c1-3-4-15(2)27-22-21-20(29-25(26)30-22)9-10-31(24(21)34)12-16-5-7-17(8-6-16)23(33)32-13-18-11-19(14-32)28-18/h5-10,15,18-19,28H,3-4,11-14H2,1-2H3,(H3,26,27,29,30)/t15-,18?,19?/m1/s1. The molecule has 1 amide bonds. The van der Waals surface area contributed by atoms with Gasteiger partial charge in [0.1, 0.15) is 11.2 Å². The minimum absolute atomic E-state index is 0.0669. The topological polar surface area (TPSA) is 118 Å². The predicted molar refractivity (Wildman–Crippen MR) is 133 cm³/mol. The third-order valence-electron chi connectivity index (χ3n) is 6.71. The van der Waals surface area contributed by atoms with Crippen LogP contribution in [0, 0.1) is 0 Å². The SMILES string of the molecule is CCC[C@@H](C)Nc1nc(N)nc2ccn(Cc3ccc(C(=O)N4CC5CC(C4)N5)cc3)c(=O)c12. The molecule has 6 rings (SSSR count). The zero-order valence-electron chi connectivity index (χ0n) is 19.6. The quantitative estimate of drug-likeness (QED) is 0.494. The first-order chi connectivity index (χ1) is 16.4. The van der Waals surface area contributed by atoms with Gasteiger partial charge in [-0.25, -0.2) is 4.98 Å². The summed E-state index contributed by atoms with van der Waals surface area (Å²) in [5.41, 5.74) is 7.84. The Morgan fingerprint density at radius 2 is 1.91 bits per heavy atom. The van der Waals surface area contributed by atoms with Crippen molar-refractivity contribution in [3.05, 3.63) is 58.0 Å². The van der Waals surface area contributed by atoms with E-state index in [-0.39, 0.29) is 23.5 Å². The van der Waals surface area contributed by atoms with Crippen molar-refractivity contribution in [2.45, 2.75) is 57.8 Å². The molecule has 0 radical (unpaired) electrons. The Bertz CT molecular complexity index is 1250. The summed E-state index contributed by atoms with van der Waals surface area (Å²) in [6.07, 6.45) is 4.86. The molecule has 3 saturated heterocycles. The van der Waals surface area contributed by atoms with E-state index in [1.165, 1.54) is 0 Å². The monoisotopic (exact) mass is 461 g/mol. The van der Waals surface area contributed by atoms with Gasteiger partial charge in [0.2, 0.25) is 5.95 Å². The highest BCUT2D eigenvalue weighted by atomic mass is 16.2. The van der Waals surface area contributed by atoms with E-state index >= 15 is 0 Å². The van der Waals surface area contributed by atoms with Crippen LogP contribution in [-0.4, -0.2) is 56.6 Å². The molecule has 1 aromatic carbocycles. The van der Waals surface area contributed by atoms with Crippen LogP contribution in [0.15, 0.2) is 41.3 Å². The maximum atomic E-state index is 13.4. The lowest BCUT2D eigenvalue weighted by Gasteiger charge is -2.48. The molecule has 2 aromatic heterocycles. The Hall–Kier alpha value is -3.46. The van der Waals surface area contributed by atoms with E-state index in [1.54, 1.807) is 16.8 Å². The number of anilines is 2. The number of nitrogens with zero attached hydrogens (tertiary/aromatic N) is 4. The first kappa shape index (κ1) is 22.3. The summed E-state index contributed by atoms with van der Waals surface area (Å²) in [7, 11) is 0. The maximum absolute atomic E-state index is 13.4. The molecule has 9 heteroatoms. The highest BCUT2D eigenvalue weighted by Crippen LogP contribution is 2.23. The molecule has 3 fully saturated rings. The molecule has 9 nitrogen and oxygen atoms in total. The van der Waals surface area contributed by atoms with Gasteiger partial charge >= 0.3 is 0 Å². The largest absolute Gasteiger partial charge is 0.368 e. The molecule has 0 aliphatic carbocycles. The number of nitrogens with one attached hydrogen (secondary N) is 2. The molecule has 0 saturated carbocycles. The zero-order valence-corrected chi connectivity index (χ0v) is 19.6. The van der Waals surface area contributed by atoms with E-state index in [1.807, 2.05) is 29.2 Å². The van der Waals surface area contributed by atoms with Gasteiger partial charge in [-0.3, -0.25) is 9.59 Å². The molecule has 4 N–H and O–H groups in total. The Morgan fingerprint density at radius 1 is 1.21 bits per heavy atom. The van der Waals surface area contributed by atoms with Crippen molar-refractivity contribution < 1.29 is 4.79 Å². The van der Waals surface area contributed by atoms with E-state index in [0.29, 0.717) is 40.9 Å². The van der Waals surface area contributed by atoms with Crippen LogP contribution in [0.5, 0.6) is 0 Å². The van der Waals surface area contributed by atoms with Crippen LogP contribution in [0.3, 0.4) is 0 Å². The smallest absolute Gasteiger partial charge is 0.264 e. The Balaban J connectivity index is 1.37. The zero-order chi connectivity index (χ0) is 23.8. The number of benzene rings is 1. The van der Waals surface area contributed by atoms with Crippen molar-refractivity contribution in [1.29, 1.82) is 0 Å². The molecule has 3 aliphatic heterocycles. The molecule has 3 atom stereocenters. The number of amides is 1. The maximum Gasteiger partial charge on any atom is 0.264 e. The molecule has 34 heavy (non-hydrogen) atoms. The number of aromatic nitrogens is 3. The second kappa shape index (κ2) is 9.06. The number of pyridine rings is 1. The van der Waals surface area contributed by atoms with Gasteiger partial charge in [0.15, 0.2) is 0 Å². The first-order valence-electron chi connectivity index (χ1n) is 12.0. The fraction of sp³-hybridized carbons (Fsp3) is 0.440. The van der Waals surface area contributed by atoms with E-state index in [0.717, 1.165) is 37.9 Å². The van der Waals surface area contributed by atoms with Gasteiger partial charge in [0.25, 0.3) is 11.5 Å². The summed E-state index contributed by atoms with van der Waals surface area (Å²) in [4.78, 5) is 36.7. The molecular formula is C25H31N7O2. The van der Waals surface area contributed by atoms with Crippen molar-refractivity contribution in [2.24, 2.45) is 0 Å². The number of fused-ring (bicyclic) bond motifs is 3. The number of rotatable bonds is 7. The number of hydrogen-bond donors (Lipinski definition) is 3. The van der Waals surface area contributed by atoms with Crippen LogP contribution in [0.25, 0.3) is 10.9 Å². The normalized spacial score (nSPS) is 20.1. The van der Waals surface area contributed by atoms with Crippen molar-refractivity contribution in [1.82, 2.24) is 24.8 Å². The number of hydrogen-bond acceptors (Lipinski definition) is 7. The van der Waals surface area contributed by atoms with Gasteiger partial charge in [0, 0.05) is 43.0 Å². The Kier molecular flexibility index (Phi) is 5.95. The van der Waals surface area contributed by atoms with Gasteiger partial charge in [0.05, 0.1) is 12.1 Å². The Morgan fingerprint density at radius 3 is 2.59 bits per heavy atom. The number of nitrogen functional groups attached to an aromatic ring is 1. The van der Waals surface area contributed by atoms with E-state index in [9.17, 15) is 9.59 Å². The molecule has 178 valence electrons. The third-order valence-corrected chi connectivity index (χ3v) is 6.71. The third kappa shape index (κ3) is 4.35. The molecule has 3 aliphatic rings. The van der Waals surface area contributed by atoms with Crippen molar-refractivity contribution >= 4 is 28.6 Å². The number of nitrogens with two attached hydrogens (primary N) is 1. The molecule has 2 unspecified atom stereocenters. The number of carbonyl (C=O) groups excluding carboxylic acids is 1. The lowest BCUT2D eigenvalue weighted by molar-refractivity contribution is 0.0474. The summed E-state index contributed by atoms with van der Waals surface area (Å²) >= 11 is 0. The molecule has 5 heterocycles. The van der Waals surface area contributed by atoms with Crippen molar-refractivity contribution in [2.75, 3.05) is 24.1 Å². The van der Waals surface area contributed by atoms with Gasteiger partial charge in [-0.15, -0.1) is 0 Å². The van der Waals surface area contributed by atoms with E-state index in [4.69, 9.17) is 5.73 Å². The minimum atomic E-state index is -0.177. The number of piperazine rings is 1. The van der Waals surface area contributed by atoms with Crippen molar-refractivity contribution in [3.63, 3.8) is 0 Å². The molecular weight excluding hydrogens is 430 g/mol. The minimum Gasteiger partial charge on any atom is -0.368 e. The number of carbonyl (C=O) groups is 1. The van der Waals surface area contributed by atoms with Crippen molar-refractivity contribution in [3.8, 4) is 0 Å². The summed E-state index contributed by atoms with van der Waals surface area (Å²) < 4.78 is 1.64. The van der Waals surface area contributed by atoms with Gasteiger partial charge in [-0.2, -0.15) is 4.98 Å². The highest BCUT2D eigenvalue weighted by molar-refractivity contribution is 5.94. The van der Waals surface area contributed by atoms with E-state index in [2.05, 4.69) is 34.4 Å². The van der Waals surface area contributed by atoms with Crippen LogP contribution in [0.1, 0.15) is 49.0 Å².